The van der Waals surface area contributed by atoms with Crippen LogP contribution in [-0.2, 0) is 14.3 Å². The molecule has 1 aliphatic carbocycles. The molecule has 0 bridgehead atoms. The number of methoxy groups -OCH3 is 2. The second-order valence-electron chi connectivity index (χ2n) is 3.91. The van der Waals surface area contributed by atoms with E-state index in [2.05, 4.69) is 0 Å². The molecule has 0 heterocycles. The maximum Gasteiger partial charge on any atom is 0.163 e. The molecule has 14 heavy (non-hydrogen) atoms. The van der Waals surface area contributed by atoms with Crippen molar-refractivity contribution in [2.45, 2.75) is 44.8 Å². The van der Waals surface area contributed by atoms with Crippen LogP contribution in [0.25, 0.3) is 0 Å². The van der Waals surface area contributed by atoms with Gasteiger partial charge in [0.05, 0.1) is 6.42 Å². The molecule has 0 saturated heterocycles. The van der Waals surface area contributed by atoms with Gasteiger partial charge in [0, 0.05) is 20.1 Å². The summed E-state index contributed by atoms with van der Waals surface area (Å²) in [6.45, 7) is 0. The Labute approximate surface area is 85.8 Å². The second kappa shape index (κ2) is 6.14. The fourth-order valence-corrected chi connectivity index (χ4v) is 2.02. The van der Waals surface area contributed by atoms with Crippen molar-refractivity contribution in [3.05, 3.63) is 0 Å². The molecule has 0 aromatic carbocycles. The van der Waals surface area contributed by atoms with Gasteiger partial charge in [-0.3, -0.25) is 4.79 Å². The highest BCUT2D eigenvalue weighted by atomic mass is 16.7. The third-order valence-electron chi connectivity index (χ3n) is 2.95. The van der Waals surface area contributed by atoms with Crippen molar-refractivity contribution < 1.29 is 14.3 Å². The highest BCUT2D eigenvalue weighted by Gasteiger charge is 2.23. The number of hydrogen-bond acceptors (Lipinski definition) is 3. The summed E-state index contributed by atoms with van der Waals surface area (Å²) in [6.07, 6.45) is 5.82. The smallest absolute Gasteiger partial charge is 0.163 e. The number of carbonyl (C=O) groups is 1. The molecule has 0 aliphatic heterocycles. The standard InChI is InChI=1S/C11H20O3/c1-13-11(14-2)8-10(12)9-6-4-3-5-7-9/h9,11H,3-8H2,1-2H3. The van der Waals surface area contributed by atoms with Crippen LogP contribution in [0.4, 0.5) is 0 Å². The summed E-state index contributed by atoms with van der Waals surface area (Å²) in [5, 5.41) is 0. The van der Waals surface area contributed by atoms with E-state index in [-0.39, 0.29) is 12.2 Å². The van der Waals surface area contributed by atoms with Crippen LogP contribution in [0.3, 0.4) is 0 Å². The lowest BCUT2D eigenvalue weighted by Gasteiger charge is -2.22. The summed E-state index contributed by atoms with van der Waals surface area (Å²) in [5.41, 5.74) is 0. The number of carbonyl (C=O) groups excluding carboxylic acids is 1. The SMILES string of the molecule is COC(CC(=O)C1CCCCC1)OC. The molecule has 0 atom stereocenters. The van der Waals surface area contributed by atoms with Gasteiger partial charge in [0.25, 0.3) is 0 Å². The number of ether oxygens (including phenoxy) is 2. The van der Waals surface area contributed by atoms with Crippen molar-refractivity contribution in [1.82, 2.24) is 0 Å². The molecule has 0 radical (unpaired) electrons. The zero-order valence-electron chi connectivity index (χ0n) is 9.12. The van der Waals surface area contributed by atoms with E-state index < -0.39 is 0 Å². The number of Topliss-reactive ketones (excluding diaryl/α,β-unsaturated/α-hetero) is 1. The number of ketones is 1. The molecular formula is C11H20O3. The van der Waals surface area contributed by atoms with Crippen LogP contribution in [0.15, 0.2) is 0 Å². The van der Waals surface area contributed by atoms with Crippen molar-refractivity contribution in [3.8, 4) is 0 Å². The van der Waals surface area contributed by atoms with Crippen molar-refractivity contribution in [2.75, 3.05) is 14.2 Å². The Morgan fingerprint density at radius 1 is 1.21 bits per heavy atom. The Morgan fingerprint density at radius 2 is 1.79 bits per heavy atom. The molecule has 3 heteroatoms. The number of hydrogen-bond donors (Lipinski definition) is 0. The Kier molecular flexibility index (Phi) is 5.12. The first-order chi connectivity index (χ1) is 6.77. The average Bonchev–Trinajstić information content (AvgIpc) is 2.26. The monoisotopic (exact) mass is 200 g/mol. The minimum absolute atomic E-state index is 0.261. The highest BCUT2D eigenvalue weighted by molar-refractivity contribution is 5.81. The zero-order valence-corrected chi connectivity index (χ0v) is 9.12. The molecule has 1 saturated carbocycles. The summed E-state index contributed by atoms with van der Waals surface area (Å²) < 4.78 is 10.0. The van der Waals surface area contributed by atoms with Crippen molar-refractivity contribution in [2.24, 2.45) is 5.92 Å². The Hall–Kier alpha value is -0.410. The highest BCUT2D eigenvalue weighted by Crippen LogP contribution is 2.25. The van der Waals surface area contributed by atoms with Gasteiger partial charge < -0.3 is 9.47 Å². The Morgan fingerprint density at radius 3 is 2.29 bits per heavy atom. The van der Waals surface area contributed by atoms with Gasteiger partial charge in [-0.15, -0.1) is 0 Å². The van der Waals surface area contributed by atoms with Crippen LogP contribution < -0.4 is 0 Å². The van der Waals surface area contributed by atoms with E-state index in [0.29, 0.717) is 12.2 Å². The molecule has 1 fully saturated rings. The third-order valence-corrected chi connectivity index (χ3v) is 2.95. The number of rotatable bonds is 5. The lowest BCUT2D eigenvalue weighted by Crippen LogP contribution is -2.24. The van der Waals surface area contributed by atoms with Crippen LogP contribution >= 0.6 is 0 Å². The largest absolute Gasteiger partial charge is 0.355 e. The van der Waals surface area contributed by atoms with Crippen LogP contribution in [0.2, 0.25) is 0 Å². The fourth-order valence-electron chi connectivity index (χ4n) is 2.02. The zero-order chi connectivity index (χ0) is 10.4. The lowest BCUT2D eigenvalue weighted by molar-refractivity contribution is -0.141. The van der Waals surface area contributed by atoms with Gasteiger partial charge >= 0.3 is 0 Å². The van der Waals surface area contributed by atoms with E-state index in [1.54, 1.807) is 14.2 Å². The average molecular weight is 200 g/mol. The van der Waals surface area contributed by atoms with E-state index in [1.807, 2.05) is 0 Å². The predicted octanol–water partition coefficient (Wildman–Crippen LogP) is 2.14. The first kappa shape index (κ1) is 11.7. The van der Waals surface area contributed by atoms with Gasteiger partial charge in [-0.05, 0) is 12.8 Å². The maximum atomic E-state index is 11.8. The third kappa shape index (κ3) is 3.39. The Bertz CT molecular complexity index is 169. The molecule has 1 rings (SSSR count). The van der Waals surface area contributed by atoms with Gasteiger partial charge in [0.2, 0.25) is 0 Å². The van der Waals surface area contributed by atoms with E-state index >= 15 is 0 Å². The van der Waals surface area contributed by atoms with Crippen molar-refractivity contribution in [3.63, 3.8) is 0 Å². The van der Waals surface area contributed by atoms with Crippen LogP contribution in [0, 0.1) is 5.92 Å². The van der Waals surface area contributed by atoms with E-state index in [1.165, 1.54) is 19.3 Å². The van der Waals surface area contributed by atoms with Crippen molar-refractivity contribution in [1.29, 1.82) is 0 Å². The Balaban J connectivity index is 2.32. The molecule has 0 N–H and O–H groups in total. The molecule has 82 valence electrons. The van der Waals surface area contributed by atoms with Crippen molar-refractivity contribution >= 4 is 5.78 Å². The van der Waals surface area contributed by atoms with Gasteiger partial charge in [0.1, 0.15) is 5.78 Å². The lowest BCUT2D eigenvalue weighted by atomic mass is 9.85. The second-order valence-corrected chi connectivity index (χ2v) is 3.91. The summed E-state index contributed by atoms with van der Waals surface area (Å²) >= 11 is 0. The maximum absolute atomic E-state index is 11.8. The topological polar surface area (TPSA) is 35.5 Å². The molecule has 0 amide bonds. The van der Waals surface area contributed by atoms with E-state index in [0.717, 1.165) is 12.8 Å². The molecule has 0 spiro atoms. The summed E-state index contributed by atoms with van der Waals surface area (Å²) in [5.74, 6) is 0.565. The van der Waals surface area contributed by atoms with E-state index in [4.69, 9.17) is 9.47 Å². The van der Waals surface area contributed by atoms with Crippen LogP contribution in [0.5, 0.6) is 0 Å². The molecular weight excluding hydrogens is 180 g/mol. The van der Waals surface area contributed by atoms with Gasteiger partial charge in [-0.1, -0.05) is 19.3 Å². The van der Waals surface area contributed by atoms with Crippen LogP contribution in [0.1, 0.15) is 38.5 Å². The van der Waals surface area contributed by atoms with E-state index in [9.17, 15) is 4.79 Å². The first-order valence-corrected chi connectivity index (χ1v) is 5.36. The molecule has 0 aromatic heterocycles. The van der Waals surface area contributed by atoms with Gasteiger partial charge in [-0.2, -0.15) is 0 Å². The molecule has 0 unspecified atom stereocenters. The molecule has 3 nitrogen and oxygen atoms in total. The minimum atomic E-state index is -0.357. The van der Waals surface area contributed by atoms with Gasteiger partial charge in [-0.25, -0.2) is 0 Å². The normalized spacial score (nSPS) is 18.8. The fraction of sp³-hybridized carbons (Fsp3) is 0.909. The molecule has 1 aliphatic rings. The summed E-state index contributed by atoms with van der Waals surface area (Å²) in [7, 11) is 3.14. The van der Waals surface area contributed by atoms with Crippen LogP contribution in [-0.4, -0.2) is 26.3 Å². The minimum Gasteiger partial charge on any atom is -0.355 e. The predicted molar refractivity (Wildman–Crippen MR) is 54.0 cm³/mol. The quantitative estimate of drug-likeness (QED) is 0.638. The van der Waals surface area contributed by atoms with Gasteiger partial charge in [0.15, 0.2) is 6.29 Å². The molecule has 0 aromatic rings. The summed E-state index contributed by atoms with van der Waals surface area (Å²) in [4.78, 5) is 11.8. The first-order valence-electron chi connectivity index (χ1n) is 5.36. The summed E-state index contributed by atoms with van der Waals surface area (Å²) in [6, 6.07) is 0.